The maximum atomic E-state index is 12.1. The minimum atomic E-state index is -0.296. The van der Waals surface area contributed by atoms with Crippen LogP contribution in [0.3, 0.4) is 0 Å². The molecule has 0 aliphatic heterocycles. The molecule has 3 N–H and O–H groups in total. The van der Waals surface area contributed by atoms with Gasteiger partial charge in [0.1, 0.15) is 11.0 Å². The van der Waals surface area contributed by atoms with Crippen LogP contribution in [0.15, 0.2) is 42.5 Å². The number of anilines is 1. The standard InChI is InChI=1S/C15H14ClN5O/c1-9(10-3-2-4-11(16)7-10)17-15(22)18-12-5-6-13-14(8-12)20-21-19-13/h2-9H,1H3,(H2,17,18,22)(H,19,20,21). The van der Waals surface area contributed by atoms with Crippen molar-refractivity contribution >= 4 is 34.4 Å². The van der Waals surface area contributed by atoms with Gasteiger partial charge in [0.25, 0.3) is 0 Å². The number of nitrogens with zero attached hydrogens (tertiary/aromatic N) is 2. The minimum Gasteiger partial charge on any atom is -0.331 e. The van der Waals surface area contributed by atoms with Crippen molar-refractivity contribution in [3.8, 4) is 0 Å². The Balaban J connectivity index is 1.66. The fraction of sp³-hybridized carbons (Fsp3) is 0.133. The van der Waals surface area contributed by atoms with E-state index in [0.717, 1.165) is 11.1 Å². The molecule has 0 spiro atoms. The fourth-order valence-electron chi connectivity index (χ4n) is 2.14. The molecular weight excluding hydrogens is 302 g/mol. The first kappa shape index (κ1) is 14.3. The molecule has 0 bridgehead atoms. The van der Waals surface area contributed by atoms with Gasteiger partial charge in [0.2, 0.25) is 0 Å². The second-order valence-corrected chi connectivity index (χ2v) is 5.34. The van der Waals surface area contributed by atoms with Crippen molar-refractivity contribution in [3.63, 3.8) is 0 Å². The molecule has 0 saturated heterocycles. The first-order valence-corrected chi connectivity index (χ1v) is 7.13. The molecular formula is C15H14ClN5O. The molecule has 1 aromatic heterocycles. The molecule has 7 heteroatoms. The molecule has 0 radical (unpaired) electrons. The number of amides is 2. The Labute approximate surface area is 131 Å². The highest BCUT2D eigenvalue weighted by Crippen LogP contribution is 2.18. The van der Waals surface area contributed by atoms with E-state index < -0.39 is 0 Å². The van der Waals surface area contributed by atoms with Gasteiger partial charge >= 0.3 is 6.03 Å². The summed E-state index contributed by atoms with van der Waals surface area (Å²) in [5.74, 6) is 0. The number of aromatic nitrogens is 3. The first-order valence-electron chi connectivity index (χ1n) is 6.75. The number of aromatic amines is 1. The quantitative estimate of drug-likeness (QED) is 0.692. The number of hydrogen-bond donors (Lipinski definition) is 3. The molecule has 0 saturated carbocycles. The van der Waals surface area contributed by atoms with Crippen molar-refractivity contribution in [1.29, 1.82) is 0 Å². The predicted molar refractivity (Wildman–Crippen MR) is 85.9 cm³/mol. The zero-order valence-electron chi connectivity index (χ0n) is 11.8. The molecule has 112 valence electrons. The van der Waals surface area contributed by atoms with Crippen molar-refractivity contribution in [3.05, 3.63) is 53.1 Å². The summed E-state index contributed by atoms with van der Waals surface area (Å²) in [5, 5.41) is 16.8. The maximum Gasteiger partial charge on any atom is 0.319 e. The number of urea groups is 1. The van der Waals surface area contributed by atoms with Crippen LogP contribution in [0, 0.1) is 0 Å². The van der Waals surface area contributed by atoms with Gasteiger partial charge in [0.15, 0.2) is 0 Å². The van der Waals surface area contributed by atoms with E-state index in [0.29, 0.717) is 16.2 Å². The van der Waals surface area contributed by atoms with Gasteiger partial charge in [-0.3, -0.25) is 0 Å². The molecule has 0 aliphatic carbocycles. The van der Waals surface area contributed by atoms with Crippen molar-refractivity contribution < 1.29 is 4.79 Å². The van der Waals surface area contributed by atoms with E-state index in [4.69, 9.17) is 11.6 Å². The molecule has 6 nitrogen and oxygen atoms in total. The molecule has 1 atom stereocenters. The zero-order valence-corrected chi connectivity index (χ0v) is 12.6. The monoisotopic (exact) mass is 315 g/mol. The van der Waals surface area contributed by atoms with Crippen LogP contribution in [0.5, 0.6) is 0 Å². The van der Waals surface area contributed by atoms with Crippen molar-refractivity contribution in [2.45, 2.75) is 13.0 Å². The average molecular weight is 316 g/mol. The number of hydrogen-bond acceptors (Lipinski definition) is 3. The summed E-state index contributed by atoms with van der Waals surface area (Å²) < 4.78 is 0. The Morgan fingerprint density at radius 2 is 2.00 bits per heavy atom. The third kappa shape index (κ3) is 3.17. The van der Waals surface area contributed by atoms with Gasteiger partial charge in [-0.15, -0.1) is 0 Å². The van der Waals surface area contributed by atoms with E-state index in [9.17, 15) is 4.79 Å². The number of nitrogens with one attached hydrogen (secondary N) is 3. The number of rotatable bonds is 3. The van der Waals surface area contributed by atoms with E-state index in [1.54, 1.807) is 24.3 Å². The molecule has 0 aliphatic rings. The second kappa shape index (κ2) is 6.03. The van der Waals surface area contributed by atoms with Gasteiger partial charge in [-0.25, -0.2) is 4.79 Å². The van der Waals surface area contributed by atoms with E-state index in [1.165, 1.54) is 0 Å². The van der Waals surface area contributed by atoms with Gasteiger partial charge in [-0.1, -0.05) is 23.7 Å². The molecule has 3 aromatic rings. The van der Waals surface area contributed by atoms with Gasteiger partial charge < -0.3 is 10.6 Å². The van der Waals surface area contributed by atoms with Gasteiger partial charge in [0.05, 0.1) is 6.04 Å². The Morgan fingerprint density at radius 3 is 2.82 bits per heavy atom. The third-order valence-electron chi connectivity index (χ3n) is 3.27. The lowest BCUT2D eigenvalue weighted by Crippen LogP contribution is -2.31. The Morgan fingerprint density at radius 1 is 1.18 bits per heavy atom. The van der Waals surface area contributed by atoms with Crippen LogP contribution in [-0.4, -0.2) is 21.4 Å². The molecule has 2 amide bonds. The zero-order chi connectivity index (χ0) is 15.5. The average Bonchev–Trinajstić information content (AvgIpc) is 2.94. The van der Waals surface area contributed by atoms with Crippen LogP contribution in [0.1, 0.15) is 18.5 Å². The van der Waals surface area contributed by atoms with Crippen LogP contribution < -0.4 is 10.6 Å². The smallest absolute Gasteiger partial charge is 0.319 e. The van der Waals surface area contributed by atoms with E-state index in [2.05, 4.69) is 26.0 Å². The third-order valence-corrected chi connectivity index (χ3v) is 3.51. The highest BCUT2D eigenvalue weighted by atomic mass is 35.5. The van der Waals surface area contributed by atoms with E-state index in [-0.39, 0.29) is 12.1 Å². The van der Waals surface area contributed by atoms with E-state index >= 15 is 0 Å². The summed E-state index contributed by atoms with van der Waals surface area (Å²) in [4.78, 5) is 12.1. The Kier molecular flexibility index (Phi) is 3.93. The summed E-state index contributed by atoms with van der Waals surface area (Å²) in [6.45, 7) is 1.89. The van der Waals surface area contributed by atoms with Gasteiger partial charge in [-0.2, -0.15) is 15.4 Å². The molecule has 0 fully saturated rings. The normalized spacial score (nSPS) is 12.1. The van der Waals surface area contributed by atoms with Crippen LogP contribution in [-0.2, 0) is 0 Å². The number of carbonyl (C=O) groups is 1. The lowest BCUT2D eigenvalue weighted by Gasteiger charge is -2.15. The summed E-state index contributed by atoms with van der Waals surface area (Å²) >= 11 is 5.96. The van der Waals surface area contributed by atoms with Gasteiger partial charge in [-0.05, 0) is 42.8 Å². The maximum absolute atomic E-state index is 12.1. The molecule has 1 heterocycles. The van der Waals surface area contributed by atoms with Crippen LogP contribution in [0.4, 0.5) is 10.5 Å². The second-order valence-electron chi connectivity index (χ2n) is 4.90. The molecule has 1 unspecified atom stereocenters. The number of carbonyl (C=O) groups excluding carboxylic acids is 1. The molecule has 2 aromatic carbocycles. The summed E-state index contributed by atoms with van der Waals surface area (Å²) in [6, 6.07) is 12.2. The summed E-state index contributed by atoms with van der Waals surface area (Å²) in [5.41, 5.74) is 3.03. The highest BCUT2D eigenvalue weighted by molar-refractivity contribution is 6.30. The van der Waals surface area contributed by atoms with Crippen LogP contribution in [0.25, 0.3) is 11.0 Å². The fourth-order valence-corrected chi connectivity index (χ4v) is 2.34. The van der Waals surface area contributed by atoms with E-state index in [1.807, 2.05) is 25.1 Å². The van der Waals surface area contributed by atoms with Gasteiger partial charge in [0, 0.05) is 10.7 Å². The lowest BCUT2D eigenvalue weighted by molar-refractivity contribution is 0.249. The Bertz CT molecular complexity index is 816. The predicted octanol–water partition coefficient (Wildman–Crippen LogP) is 3.49. The van der Waals surface area contributed by atoms with Crippen LogP contribution in [0.2, 0.25) is 5.02 Å². The minimum absolute atomic E-state index is 0.158. The highest BCUT2D eigenvalue weighted by Gasteiger charge is 2.10. The summed E-state index contributed by atoms with van der Waals surface area (Å²) in [7, 11) is 0. The van der Waals surface area contributed by atoms with Crippen LogP contribution >= 0.6 is 11.6 Å². The van der Waals surface area contributed by atoms with Crippen molar-refractivity contribution in [2.75, 3.05) is 5.32 Å². The number of fused-ring (bicyclic) bond motifs is 1. The van der Waals surface area contributed by atoms with Crippen molar-refractivity contribution in [1.82, 2.24) is 20.7 Å². The largest absolute Gasteiger partial charge is 0.331 e. The topological polar surface area (TPSA) is 82.7 Å². The number of H-pyrrole nitrogens is 1. The SMILES string of the molecule is CC(NC(=O)Nc1ccc2n[nH]nc2c1)c1cccc(Cl)c1. The lowest BCUT2D eigenvalue weighted by atomic mass is 10.1. The van der Waals surface area contributed by atoms with Crippen molar-refractivity contribution in [2.24, 2.45) is 0 Å². The molecule has 3 rings (SSSR count). The summed E-state index contributed by atoms with van der Waals surface area (Å²) in [6.07, 6.45) is 0. The number of halogens is 1. The Hall–Kier alpha value is -2.60. The molecule has 22 heavy (non-hydrogen) atoms. The first-order chi connectivity index (χ1) is 10.6. The number of benzene rings is 2.